The van der Waals surface area contributed by atoms with E-state index in [0.29, 0.717) is 5.56 Å². The number of rotatable bonds is 23. The van der Waals surface area contributed by atoms with Crippen molar-refractivity contribution in [2.75, 3.05) is 47.3 Å². The Labute approximate surface area is 385 Å². The maximum atomic E-state index is 16.0. The van der Waals surface area contributed by atoms with Crippen molar-refractivity contribution in [1.82, 2.24) is 0 Å². The van der Waals surface area contributed by atoms with E-state index in [1.807, 2.05) is 12.1 Å². The minimum atomic E-state index is -5.30. The predicted molar refractivity (Wildman–Crippen MR) is 224 cm³/mol. The summed E-state index contributed by atoms with van der Waals surface area (Å²) in [7, 11) is 1.59. The molecule has 21 heteroatoms. The SMILES string of the molecule is C=C(C(=O)OCCCc1cc(-c2c(F)cc(-c3ccc(CCCCCCC)cc3)cc2F)ccc1OCC(COC(=O)C(=C)C(F)(F)F)(COC(=O)C(=O)OC)COC(=O)C(=O)OC)C(F)(F)F. The molecule has 0 saturated heterocycles. The number of esters is 6. The lowest BCUT2D eigenvalue weighted by atomic mass is 9.91. The van der Waals surface area contributed by atoms with Crippen LogP contribution in [0.5, 0.6) is 5.75 Å². The molecule has 0 unspecified atom stereocenters. The first-order valence-corrected chi connectivity index (χ1v) is 20.7. The van der Waals surface area contributed by atoms with E-state index in [1.165, 1.54) is 12.1 Å². The monoisotopic (exact) mass is 972 g/mol. The Bertz CT molecular complexity index is 2250. The maximum absolute atomic E-state index is 16.0. The van der Waals surface area contributed by atoms with Gasteiger partial charge in [0.15, 0.2) is 0 Å². The molecule has 0 amide bonds. The number of aryl methyl sites for hydroxylation is 2. The standard InChI is InChI=1S/C47H48F8O13/c1-6-7-8-9-10-12-30-14-16-31(17-15-30)34-22-35(48)38(36(49)23-34)33-18-19-37(32(21-33)13-11-20-64-39(56)28(2)46(50,51)52)65-24-45(26-67-43(60)41(58)62-4,27-68-44(61)42(59)63-5)25-66-40(57)29(3)47(53,54)55/h14-19,21-23H,2-3,6-13,20,24-27H2,1,4-5H3. The molecule has 13 nitrogen and oxygen atoms in total. The zero-order valence-corrected chi connectivity index (χ0v) is 37.1. The van der Waals surface area contributed by atoms with E-state index in [1.54, 1.807) is 12.1 Å². The number of benzene rings is 3. The Balaban J connectivity index is 2.08. The van der Waals surface area contributed by atoms with Crippen LogP contribution in [0.4, 0.5) is 35.1 Å². The third kappa shape index (κ3) is 16.5. The summed E-state index contributed by atoms with van der Waals surface area (Å²) in [5.74, 6) is -12.7. The number of halogens is 8. The molecule has 0 N–H and O–H groups in total. The van der Waals surface area contributed by atoms with Gasteiger partial charge in [0.25, 0.3) is 0 Å². The van der Waals surface area contributed by atoms with Crippen molar-refractivity contribution in [1.29, 1.82) is 0 Å². The van der Waals surface area contributed by atoms with Crippen molar-refractivity contribution in [3.63, 3.8) is 0 Å². The lowest BCUT2D eigenvalue weighted by Crippen LogP contribution is -2.45. The summed E-state index contributed by atoms with van der Waals surface area (Å²) in [5.41, 5.74) is -4.99. The molecule has 0 heterocycles. The van der Waals surface area contributed by atoms with E-state index in [2.05, 4.69) is 29.6 Å². The van der Waals surface area contributed by atoms with E-state index in [0.717, 1.165) is 76.5 Å². The van der Waals surface area contributed by atoms with Gasteiger partial charge in [-0.1, -0.05) is 76.1 Å². The smallest absolute Gasteiger partial charge is 0.422 e. The molecule has 0 aliphatic heterocycles. The third-order valence-electron chi connectivity index (χ3n) is 10.0. The second-order valence-corrected chi connectivity index (χ2v) is 15.2. The van der Waals surface area contributed by atoms with Crippen LogP contribution in [-0.4, -0.2) is 95.4 Å². The van der Waals surface area contributed by atoms with Gasteiger partial charge < -0.3 is 33.2 Å². The number of methoxy groups -OCH3 is 2. The van der Waals surface area contributed by atoms with Gasteiger partial charge in [-0.3, -0.25) is 0 Å². The zero-order valence-electron chi connectivity index (χ0n) is 37.1. The van der Waals surface area contributed by atoms with E-state index in [4.69, 9.17) is 23.7 Å². The van der Waals surface area contributed by atoms with Crippen LogP contribution in [0.3, 0.4) is 0 Å². The average Bonchev–Trinajstić information content (AvgIpc) is 3.30. The molecule has 3 rings (SSSR count). The number of carbonyl (C=O) groups excluding carboxylic acids is 6. The molecule has 0 aliphatic rings. The Morgan fingerprint density at radius 2 is 1.01 bits per heavy atom. The third-order valence-corrected chi connectivity index (χ3v) is 10.0. The highest BCUT2D eigenvalue weighted by Crippen LogP contribution is 2.36. The molecule has 0 aliphatic carbocycles. The predicted octanol–water partition coefficient (Wildman–Crippen LogP) is 8.87. The first kappa shape index (κ1) is 55.5. The molecule has 68 heavy (non-hydrogen) atoms. The highest BCUT2D eigenvalue weighted by molar-refractivity contribution is 6.30. The Morgan fingerprint density at radius 3 is 1.51 bits per heavy atom. The van der Waals surface area contributed by atoms with Crippen LogP contribution in [0.25, 0.3) is 22.3 Å². The lowest BCUT2D eigenvalue weighted by molar-refractivity contribution is -0.178. The zero-order chi connectivity index (χ0) is 50.8. The first-order valence-electron chi connectivity index (χ1n) is 20.7. The van der Waals surface area contributed by atoms with Crippen molar-refractivity contribution < 1.29 is 97.0 Å². The van der Waals surface area contributed by atoms with E-state index in [-0.39, 0.29) is 35.3 Å². The van der Waals surface area contributed by atoms with Gasteiger partial charge >= 0.3 is 48.2 Å². The second-order valence-electron chi connectivity index (χ2n) is 15.2. The quantitative estimate of drug-likeness (QED) is 0.0221. The summed E-state index contributed by atoms with van der Waals surface area (Å²) in [4.78, 5) is 72.9. The van der Waals surface area contributed by atoms with E-state index in [9.17, 15) is 55.1 Å². The maximum Gasteiger partial charge on any atom is 0.422 e. The van der Waals surface area contributed by atoms with Crippen LogP contribution in [0.2, 0.25) is 0 Å². The topological polar surface area (TPSA) is 167 Å². The number of carbonyl (C=O) groups is 6. The summed E-state index contributed by atoms with van der Waals surface area (Å²) < 4.78 is 145. The lowest BCUT2D eigenvalue weighted by Gasteiger charge is -2.32. The summed E-state index contributed by atoms with van der Waals surface area (Å²) in [5, 5.41) is 0. The molecule has 0 radical (unpaired) electrons. The van der Waals surface area contributed by atoms with Crippen molar-refractivity contribution in [2.45, 2.75) is 70.6 Å². The fourth-order valence-electron chi connectivity index (χ4n) is 6.14. The van der Waals surface area contributed by atoms with Crippen LogP contribution in [0, 0.1) is 17.0 Å². The molecule has 0 saturated carbocycles. The summed E-state index contributed by atoms with van der Waals surface area (Å²) in [6.07, 6.45) is -4.70. The normalized spacial score (nSPS) is 11.5. The van der Waals surface area contributed by atoms with Gasteiger partial charge in [-0.2, -0.15) is 26.3 Å². The van der Waals surface area contributed by atoms with E-state index >= 15 is 8.78 Å². The van der Waals surface area contributed by atoms with Crippen molar-refractivity contribution >= 4 is 35.8 Å². The fraction of sp³-hybridized carbons (Fsp3) is 0.404. The van der Waals surface area contributed by atoms with Crippen LogP contribution in [0.1, 0.15) is 56.6 Å². The molecule has 3 aromatic rings. The number of ether oxygens (including phenoxy) is 7. The first-order chi connectivity index (χ1) is 32.0. The summed E-state index contributed by atoms with van der Waals surface area (Å²) >= 11 is 0. The van der Waals surface area contributed by atoms with Gasteiger partial charge in [-0.25, -0.2) is 37.5 Å². The summed E-state index contributed by atoms with van der Waals surface area (Å²) in [6.45, 7) is 2.14. The largest absolute Gasteiger partial charge is 0.492 e. The molecule has 3 aromatic carbocycles. The minimum Gasteiger partial charge on any atom is -0.492 e. The van der Waals surface area contributed by atoms with Crippen molar-refractivity contribution in [3.8, 4) is 28.0 Å². The molecule has 0 fully saturated rings. The Hall–Kier alpha value is -6.80. The fourth-order valence-corrected chi connectivity index (χ4v) is 6.14. The van der Waals surface area contributed by atoms with Gasteiger partial charge in [0, 0.05) is 0 Å². The second kappa shape index (κ2) is 25.4. The van der Waals surface area contributed by atoms with Gasteiger partial charge in [0.05, 0.1) is 26.4 Å². The number of unbranched alkanes of at least 4 members (excludes halogenated alkanes) is 4. The molecule has 0 atom stereocenters. The van der Waals surface area contributed by atoms with Crippen LogP contribution < -0.4 is 4.74 Å². The average molecular weight is 973 g/mol. The number of alkyl halides is 6. The molecule has 0 aromatic heterocycles. The van der Waals surface area contributed by atoms with Crippen LogP contribution in [-0.2, 0) is 70.0 Å². The highest BCUT2D eigenvalue weighted by atomic mass is 19.4. The molecule has 370 valence electrons. The van der Waals surface area contributed by atoms with Gasteiger partial charge in [-0.05, 0) is 77.8 Å². The highest BCUT2D eigenvalue weighted by Gasteiger charge is 2.43. The van der Waals surface area contributed by atoms with Gasteiger partial charge in [0.2, 0.25) is 0 Å². The van der Waals surface area contributed by atoms with Crippen molar-refractivity contribution in [2.24, 2.45) is 5.41 Å². The van der Waals surface area contributed by atoms with Gasteiger partial charge in [0.1, 0.15) is 60.4 Å². The summed E-state index contributed by atoms with van der Waals surface area (Å²) in [6, 6.07) is 12.9. The van der Waals surface area contributed by atoms with E-state index < -0.39 is 115 Å². The number of hydrogen-bond donors (Lipinski definition) is 0. The minimum absolute atomic E-state index is 0.00388. The molecular formula is C47H48F8O13. The Kier molecular flexibility index (Phi) is 20.7. The molecule has 0 spiro atoms. The van der Waals surface area contributed by atoms with Crippen molar-refractivity contribution in [3.05, 3.63) is 102 Å². The van der Waals surface area contributed by atoms with Crippen LogP contribution in [0.15, 0.2) is 78.9 Å². The van der Waals surface area contributed by atoms with Gasteiger partial charge in [-0.15, -0.1) is 0 Å². The number of hydrogen-bond acceptors (Lipinski definition) is 13. The molecular weight excluding hydrogens is 924 g/mol. The van der Waals surface area contributed by atoms with Crippen LogP contribution >= 0.6 is 0 Å². The molecule has 0 bridgehead atoms. The Morgan fingerprint density at radius 1 is 0.529 bits per heavy atom.